The molecule has 0 bridgehead atoms. The predicted octanol–water partition coefficient (Wildman–Crippen LogP) is 4.67. The van der Waals surface area contributed by atoms with Crippen molar-refractivity contribution in [3.05, 3.63) is 83.4 Å². The number of ketones is 1. The van der Waals surface area contributed by atoms with Crippen LogP contribution in [0.5, 0.6) is 0 Å². The molecule has 1 aliphatic heterocycles. The van der Waals surface area contributed by atoms with Crippen molar-refractivity contribution < 1.29 is 23.9 Å². The van der Waals surface area contributed by atoms with Crippen molar-refractivity contribution in [1.29, 1.82) is 0 Å². The fourth-order valence-corrected chi connectivity index (χ4v) is 5.00. The first-order chi connectivity index (χ1) is 19.5. The van der Waals surface area contributed by atoms with Crippen LogP contribution in [-0.4, -0.2) is 60.1 Å². The lowest BCUT2D eigenvalue weighted by atomic mass is 9.91. The summed E-state index contributed by atoms with van der Waals surface area (Å²) in [6.45, 7) is 10.3. The van der Waals surface area contributed by atoms with Crippen LogP contribution in [-0.2, 0) is 32.1 Å². The van der Waals surface area contributed by atoms with Gasteiger partial charge in [0, 0.05) is 19.0 Å². The molecule has 4 atom stereocenters. The average molecular weight is 564 g/mol. The highest BCUT2D eigenvalue weighted by Crippen LogP contribution is 2.27. The number of nitrogens with one attached hydrogen (secondary N) is 1. The second-order valence-electron chi connectivity index (χ2n) is 11.7. The zero-order valence-corrected chi connectivity index (χ0v) is 25.0. The van der Waals surface area contributed by atoms with Crippen molar-refractivity contribution in [3.63, 3.8) is 0 Å². The highest BCUT2D eigenvalue weighted by molar-refractivity contribution is 5.95. The Labute approximate surface area is 244 Å². The number of ether oxygens (including phenoxy) is 2. The van der Waals surface area contributed by atoms with Crippen LogP contribution in [0.3, 0.4) is 0 Å². The molecule has 0 aromatic heterocycles. The molecule has 2 aromatic carbocycles. The van der Waals surface area contributed by atoms with Crippen molar-refractivity contribution in [2.45, 2.75) is 71.8 Å². The summed E-state index contributed by atoms with van der Waals surface area (Å²) in [7, 11) is 0. The van der Waals surface area contributed by atoms with E-state index in [2.05, 4.69) is 18.3 Å². The summed E-state index contributed by atoms with van der Waals surface area (Å²) in [6, 6.07) is 18.1. The van der Waals surface area contributed by atoms with Crippen molar-refractivity contribution in [1.82, 2.24) is 10.2 Å². The molecular weight excluding hydrogens is 518 g/mol. The summed E-state index contributed by atoms with van der Waals surface area (Å²) in [4.78, 5) is 41.4. The van der Waals surface area contributed by atoms with Crippen molar-refractivity contribution in [2.75, 3.05) is 19.7 Å². The van der Waals surface area contributed by atoms with Crippen LogP contribution in [0.1, 0.15) is 52.2 Å². The summed E-state index contributed by atoms with van der Waals surface area (Å²) >= 11 is 0. The summed E-state index contributed by atoms with van der Waals surface area (Å²) in [6.07, 6.45) is 2.48. The molecule has 2 amide bonds. The van der Waals surface area contributed by atoms with Gasteiger partial charge in [0.05, 0.1) is 25.2 Å². The maximum absolute atomic E-state index is 14.0. The fraction of sp³-hybridized carbons (Fsp3) is 0.485. The second kappa shape index (κ2) is 14.9. The van der Waals surface area contributed by atoms with E-state index in [-0.39, 0.29) is 24.2 Å². The number of benzene rings is 2. The topological polar surface area (TPSA) is 111 Å². The van der Waals surface area contributed by atoms with Gasteiger partial charge in [-0.15, -0.1) is 0 Å². The van der Waals surface area contributed by atoms with Crippen LogP contribution >= 0.6 is 0 Å². The Morgan fingerprint density at radius 2 is 1.63 bits per heavy atom. The summed E-state index contributed by atoms with van der Waals surface area (Å²) in [5.74, 6) is -0.839. The number of amides is 2. The number of nitrogens with two attached hydrogens (primary N) is 1. The number of hydrogen-bond acceptors (Lipinski definition) is 6. The molecule has 0 radical (unpaired) electrons. The van der Waals surface area contributed by atoms with E-state index in [1.54, 1.807) is 32.6 Å². The first-order valence-corrected chi connectivity index (χ1v) is 14.4. The summed E-state index contributed by atoms with van der Waals surface area (Å²) in [5.41, 5.74) is 8.67. The smallest absolute Gasteiger partial charge is 0.408 e. The van der Waals surface area contributed by atoms with Crippen LogP contribution in [0.25, 0.3) is 0 Å². The molecule has 2 aromatic rings. The normalized spacial score (nSPS) is 18.1. The molecule has 0 spiro atoms. The van der Waals surface area contributed by atoms with E-state index < -0.39 is 29.7 Å². The number of Topliss-reactive ketones (excluding diaryl/α,β-unsaturated/α-hetero) is 1. The van der Waals surface area contributed by atoms with Crippen LogP contribution in [0.2, 0.25) is 0 Å². The molecule has 0 aliphatic carbocycles. The van der Waals surface area contributed by atoms with E-state index in [1.807, 2.05) is 60.7 Å². The largest absolute Gasteiger partial charge is 0.444 e. The maximum Gasteiger partial charge on any atom is 0.408 e. The molecule has 3 N–H and O–H groups in total. The number of alkyl carbamates (subject to hydrolysis) is 1. The first-order valence-electron chi connectivity index (χ1n) is 14.4. The first kappa shape index (κ1) is 32.0. The molecule has 222 valence electrons. The van der Waals surface area contributed by atoms with Gasteiger partial charge in [-0.05, 0) is 51.7 Å². The third-order valence-corrected chi connectivity index (χ3v) is 7.16. The SMILES string of the molecule is C[C@H](NC(=O)OC(C)(C)C)C(=O)C(CN)N1CCC([C@@H](C)COCc2ccccc2)=CC(Cc2ccccc2)C1=O. The van der Waals surface area contributed by atoms with Gasteiger partial charge >= 0.3 is 6.09 Å². The van der Waals surface area contributed by atoms with Gasteiger partial charge in [0.2, 0.25) is 5.91 Å². The molecule has 0 saturated carbocycles. The van der Waals surface area contributed by atoms with Crippen molar-refractivity contribution >= 4 is 17.8 Å². The Kier molecular flexibility index (Phi) is 11.7. The molecule has 1 heterocycles. The van der Waals surface area contributed by atoms with Gasteiger partial charge in [0.25, 0.3) is 0 Å². The molecule has 8 nitrogen and oxygen atoms in total. The molecule has 0 saturated heterocycles. The Bertz CT molecular complexity index is 1180. The minimum absolute atomic E-state index is 0.0476. The van der Waals surface area contributed by atoms with E-state index in [0.717, 1.165) is 16.7 Å². The molecule has 1 aliphatic rings. The van der Waals surface area contributed by atoms with E-state index >= 15 is 0 Å². The molecular formula is C33H45N3O5. The van der Waals surface area contributed by atoms with Gasteiger partial charge in [-0.2, -0.15) is 0 Å². The van der Waals surface area contributed by atoms with Gasteiger partial charge in [0.1, 0.15) is 11.6 Å². The monoisotopic (exact) mass is 563 g/mol. The molecule has 41 heavy (non-hydrogen) atoms. The lowest BCUT2D eigenvalue weighted by Gasteiger charge is -2.33. The molecule has 0 fully saturated rings. The lowest BCUT2D eigenvalue weighted by Crippen LogP contribution is -2.56. The van der Waals surface area contributed by atoms with Crippen molar-refractivity contribution in [3.8, 4) is 0 Å². The molecule has 8 heteroatoms. The maximum atomic E-state index is 14.0. The Balaban J connectivity index is 1.77. The zero-order valence-electron chi connectivity index (χ0n) is 25.0. The van der Waals surface area contributed by atoms with Gasteiger partial charge in [-0.1, -0.05) is 79.2 Å². The standard InChI is InChI=1S/C33H45N3O5/c1-23(21-40-22-26-14-10-7-11-15-26)27-16-17-36(31(38)28(19-27)18-25-12-8-6-9-13-25)29(20-34)30(37)24(2)35-32(39)41-33(3,4)5/h6-15,19,23-24,28-29H,16-18,20-22,34H2,1-5H3,(H,35,39)/t23-,24-,28?,29?/m0/s1. The third kappa shape index (κ3) is 9.83. The Hall–Kier alpha value is -3.49. The van der Waals surface area contributed by atoms with E-state index in [0.29, 0.717) is 32.6 Å². The summed E-state index contributed by atoms with van der Waals surface area (Å²) in [5, 5.41) is 2.60. The highest BCUT2D eigenvalue weighted by atomic mass is 16.6. The minimum Gasteiger partial charge on any atom is -0.444 e. The van der Waals surface area contributed by atoms with E-state index in [9.17, 15) is 14.4 Å². The number of hydrogen-bond donors (Lipinski definition) is 2. The quantitative estimate of drug-likeness (QED) is 0.363. The predicted molar refractivity (Wildman–Crippen MR) is 160 cm³/mol. The minimum atomic E-state index is -0.875. The van der Waals surface area contributed by atoms with Gasteiger partial charge < -0.3 is 25.4 Å². The molecule has 3 rings (SSSR count). The van der Waals surface area contributed by atoms with Crippen LogP contribution in [0, 0.1) is 11.8 Å². The second-order valence-corrected chi connectivity index (χ2v) is 11.7. The Morgan fingerprint density at radius 3 is 2.22 bits per heavy atom. The average Bonchev–Trinajstić information content (AvgIpc) is 3.08. The molecule has 2 unspecified atom stereocenters. The lowest BCUT2D eigenvalue weighted by molar-refractivity contribution is -0.141. The zero-order chi connectivity index (χ0) is 30.0. The van der Waals surface area contributed by atoms with Gasteiger partial charge in [-0.3, -0.25) is 9.59 Å². The number of rotatable bonds is 12. The van der Waals surface area contributed by atoms with E-state index in [4.69, 9.17) is 15.2 Å². The third-order valence-electron chi connectivity index (χ3n) is 7.16. The fourth-order valence-electron chi connectivity index (χ4n) is 5.00. The number of carbonyl (C=O) groups excluding carboxylic acids is 3. The van der Waals surface area contributed by atoms with E-state index in [1.165, 1.54) is 0 Å². The van der Waals surface area contributed by atoms with Gasteiger partial charge in [0.15, 0.2) is 5.78 Å². The summed E-state index contributed by atoms with van der Waals surface area (Å²) < 4.78 is 11.3. The number of carbonyl (C=O) groups is 3. The van der Waals surface area contributed by atoms with Gasteiger partial charge in [-0.25, -0.2) is 4.79 Å². The highest BCUT2D eigenvalue weighted by Gasteiger charge is 2.37. The number of nitrogens with zero attached hydrogens (tertiary/aromatic N) is 1. The van der Waals surface area contributed by atoms with Crippen LogP contribution in [0.4, 0.5) is 4.79 Å². The van der Waals surface area contributed by atoms with Crippen LogP contribution in [0.15, 0.2) is 72.3 Å². The van der Waals surface area contributed by atoms with Crippen LogP contribution < -0.4 is 11.1 Å². The Morgan fingerprint density at radius 1 is 1.02 bits per heavy atom. The van der Waals surface area contributed by atoms with Crippen molar-refractivity contribution in [2.24, 2.45) is 17.6 Å².